The van der Waals surface area contributed by atoms with Gasteiger partial charge in [0, 0.05) is 19.3 Å². The molecule has 9 heteroatoms. The molecule has 112 valence electrons. The average Bonchev–Trinajstić information content (AvgIpc) is 2.41. The van der Waals surface area contributed by atoms with Crippen LogP contribution in [0.2, 0.25) is 0 Å². The quantitative estimate of drug-likeness (QED) is 0.655. The van der Waals surface area contributed by atoms with Crippen LogP contribution in [0.3, 0.4) is 0 Å². The standard InChI is InChI=1S/C11H17FN4O3S/c1-3-14-10-9(12)8(4-5-15-10)11(17)16-6-7-20(18,19)13-2/h4-5,13H,3,6-7H2,1-2H3,(H,14,15)(H,16,17). The van der Waals surface area contributed by atoms with E-state index in [4.69, 9.17) is 0 Å². The maximum absolute atomic E-state index is 13.9. The van der Waals surface area contributed by atoms with E-state index >= 15 is 0 Å². The van der Waals surface area contributed by atoms with Gasteiger partial charge in [-0.25, -0.2) is 22.5 Å². The highest BCUT2D eigenvalue weighted by Crippen LogP contribution is 2.14. The molecule has 1 rings (SSSR count). The summed E-state index contributed by atoms with van der Waals surface area (Å²) in [6.45, 7) is 2.13. The minimum atomic E-state index is -3.41. The number of sulfonamides is 1. The fraction of sp³-hybridized carbons (Fsp3) is 0.455. The third-order valence-corrected chi connectivity index (χ3v) is 3.81. The number of aromatic nitrogens is 1. The lowest BCUT2D eigenvalue weighted by Crippen LogP contribution is -2.33. The Morgan fingerprint density at radius 2 is 2.15 bits per heavy atom. The van der Waals surface area contributed by atoms with Crippen LogP contribution in [-0.2, 0) is 10.0 Å². The highest BCUT2D eigenvalue weighted by molar-refractivity contribution is 7.89. The number of nitrogens with zero attached hydrogens (tertiary/aromatic N) is 1. The average molecular weight is 304 g/mol. The smallest absolute Gasteiger partial charge is 0.254 e. The SMILES string of the molecule is CCNc1nccc(C(=O)NCCS(=O)(=O)NC)c1F. The van der Waals surface area contributed by atoms with Gasteiger partial charge >= 0.3 is 0 Å². The van der Waals surface area contributed by atoms with E-state index in [0.29, 0.717) is 6.54 Å². The number of amides is 1. The maximum atomic E-state index is 13.9. The Bertz CT molecular complexity index is 577. The first kappa shape index (κ1) is 16.3. The van der Waals surface area contributed by atoms with Gasteiger partial charge in [-0.05, 0) is 20.0 Å². The molecule has 1 amide bonds. The van der Waals surface area contributed by atoms with Crippen molar-refractivity contribution >= 4 is 21.7 Å². The molecule has 3 N–H and O–H groups in total. The molecule has 0 aliphatic carbocycles. The van der Waals surface area contributed by atoms with Crippen molar-refractivity contribution in [2.24, 2.45) is 0 Å². The van der Waals surface area contributed by atoms with E-state index in [9.17, 15) is 17.6 Å². The Balaban J connectivity index is 2.71. The summed E-state index contributed by atoms with van der Waals surface area (Å²) in [6.07, 6.45) is 1.31. The number of anilines is 1. The number of hydrogen-bond acceptors (Lipinski definition) is 5. The van der Waals surface area contributed by atoms with Crippen LogP contribution in [0.1, 0.15) is 17.3 Å². The lowest BCUT2D eigenvalue weighted by Gasteiger charge is -2.09. The van der Waals surface area contributed by atoms with Gasteiger partial charge in [0.05, 0.1) is 11.3 Å². The van der Waals surface area contributed by atoms with Gasteiger partial charge in [-0.2, -0.15) is 0 Å². The largest absolute Gasteiger partial charge is 0.368 e. The Hall–Kier alpha value is -1.74. The van der Waals surface area contributed by atoms with Crippen LogP contribution < -0.4 is 15.4 Å². The van der Waals surface area contributed by atoms with Gasteiger partial charge in [0.25, 0.3) is 5.91 Å². The molecular formula is C11H17FN4O3S. The van der Waals surface area contributed by atoms with E-state index < -0.39 is 21.7 Å². The molecule has 0 bridgehead atoms. The van der Waals surface area contributed by atoms with E-state index in [1.165, 1.54) is 19.3 Å². The molecule has 0 aromatic carbocycles. The van der Waals surface area contributed by atoms with Gasteiger partial charge < -0.3 is 10.6 Å². The Morgan fingerprint density at radius 3 is 2.75 bits per heavy atom. The summed E-state index contributed by atoms with van der Waals surface area (Å²) in [6, 6.07) is 1.23. The van der Waals surface area contributed by atoms with E-state index in [2.05, 4.69) is 20.3 Å². The number of carbonyl (C=O) groups is 1. The van der Waals surface area contributed by atoms with E-state index in [1.807, 2.05) is 0 Å². The van der Waals surface area contributed by atoms with Crippen LogP contribution in [-0.4, -0.2) is 45.2 Å². The third kappa shape index (κ3) is 4.42. The van der Waals surface area contributed by atoms with Gasteiger partial charge in [0.2, 0.25) is 10.0 Å². The topological polar surface area (TPSA) is 100 Å². The highest BCUT2D eigenvalue weighted by atomic mass is 32.2. The second kappa shape index (κ2) is 7.15. The number of rotatable bonds is 7. The fourth-order valence-electron chi connectivity index (χ4n) is 1.41. The van der Waals surface area contributed by atoms with Crippen LogP contribution >= 0.6 is 0 Å². The molecule has 0 spiro atoms. The van der Waals surface area contributed by atoms with Gasteiger partial charge in [-0.1, -0.05) is 0 Å². The molecule has 0 fully saturated rings. The molecule has 1 heterocycles. The van der Waals surface area contributed by atoms with Crippen molar-refractivity contribution in [3.8, 4) is 0 Å². The second-order valence-corrected chi connectivity index (χ2v) is 5.88. The number of pyridine rings is 1. The van der Waals surface area contributed by atoms with Crippen molar-refractivity contribution in [3.05, 3.63) is 23.6 Å². The molecule has 0 saturated heterocycles. The molecular weight excluding hydrogens is 287 g/mol. The van der Waals surface area contributed by atoms with Crippen LogP contribution in [0.4, 0.5) is 10.2 Å². The number of halogens is 1. The second-order valence-electron chi connectivity index (χ2n) is 3.83. The molecule has 1 aromatic rings. The van der Waals surface area contributed by atoms with Crippen LogP contribution in [0.15, 0.2) is 12.3 Å². The molecule has 0 aliphatic rings. The van der Waals surface area contributed by atoms with E-state index in [-0.39, 0.29) is 23.7 Å². The molecule has 0 atom stereocenters. The maximum Gasteiger partial charge on any atom is 0.254 e. The minimum absolute atomic E-state index is 0.0111. The highest BCUT2D eigenvalue weighted by Gasteiger charge is 2.16. The fourth-order valence-corrected chi connectivity index (χ4v) is 1.98. The van der Waals surface area contributed by atoms with Gasteiger partial charge in [0.1, 0.15) is 0 Å². The molecule has 1 aromatic heterocycles. The van der Waals surface area contributed by atoms with Crippen LogP contribution in [0.25, 0.3) is 0 Å². The van der Waals surface area contributed by atoms with Gasteiger partial charge in [-0.3, -0.25) is 4.79 Å². The lowest BCUT2D eigenvalue weighted by molar-refractivity contribution is 0.0952. The first-order valence-corrected chi connectivity index (χ1v) is 7.64. The van der Waals surface area contributed by atoms with Crippen molar-refractivity contribution in [2.75, 3.05) is 31.2 Å². The number of nitrogens with one attached hydrogen (secondary N) is 3. The molecule has 0 aliphatic heterocycles. The van der Waals surface area contributed by atoms with Crippen molar-refractivity contribution in [3.63, 3.8) is 0 Å². The number of hydrogen-bond donors (Lipinski definition) is 3. The molecule has 7 nitrogen and oxygen atoms in total. The van der Waals surface area contributed by atoms with Gasteiger partial charge in [-0.15, -0.1) is 0 Å². The zero-order chi connectivity index (χ0) is 15.2. The van der Waals surface area contributed by atoms with Crippen LogP contribution in [0, 0.1) is 5.82 Å². The molecule has 0 unspecified atom stereocenters. The van der Waals surface area contributed by atoms with Crippen molar-refractivity contribution in [1.29, 1.82) is 0 Å². The molecule has 0 saturated carbocycles. The predicted octanol–water partition coefficient (Wildman–Crippen LogP) is -0.0685. The van der Waals surface area contributed by atoms with E-state index in [1.54, 1.807) is 6.92 Å². The summed E-state index contributed by atoms with van der Waals surface area (Å²) in [5.41, 5.74) is -0.183. The summed E-state index contributed by atoms with van der Waals surface area (Å²) < 4.78 is 38.4. The summed E-state index contributed by atoms with van der Waals surface area (Å²) in [4.78, 5) is 15.5. The minimum Gasteiger partial charge on any atom is -0.368 e. The van der Waals surface area contributed by atoms with E-state index in [0.717, 1.165) is 0 Å². The Labute approximate surface area is 117 Å². The summed E-state index contributed by atoms with van der Waals surface area (Å²) in [7, 11) is -2.13. The lowest BCUT2D eigenvalue weighted by atomic mass is 10.2. The summed E-state index contributed by atoms with van der Waals surface area (Å²) >= 11 is 0. The first-order chi connectivity index (χ1) is 9.41. The summed E-state index contributed by atoms with van der Waals surface area (Å²) in [5, 5.41) is 5.03. The zero-order valence-corrected chi connectivity index (χ0v) is 12.1. The van der Waals surface area contributed by atoms with Gasteiger partial charge in [0.15, 0.2) is 11.6 Å². The van der Waals surface area contributed by atoms with Crippen molar-refractivity contribution < 1.29 is 17.6 Å². The van der Waals surface area contributed by atoms with Crippen molar-refractivity contribution in [2.45, 2.75) is 6.92 Å². The first-order valence-electron chi connectivity index (χ1n) is 5.99. The molecule has 0 radical (unpaired) electrons. The predicted molar refractivity (Wildman–Crippen MR) is 73.5 cm³/mol. The molecule has 20 heavy (non-hydrogen) atoms. The number of carbonyl (C=O) groups excluding carboxylic acids is 1. The monoisotopic (exact) mass is 304 g/mol. The summed E-state index contributed by atoms with van der Waals surface area (Å²) in [5.74, 6) is -1.73. The van der Waals surface area contributed by atoms with Crippen LogP contribution in [0.5, 0.6) is 0 Å². The Morgan fingerprint density at radius 1 is 1.45 bits per heavy atom. The Kier molecular flexibility index (Phi) is 5.83. The zero-order valence-electron chi connectivity index (χ0n) is 11.2. The third-order valence-electron chi connectivity index (χ3n) is 2.45. The van der Waals surface area contributed by atoms with Crippen molar-refractivity contribution in [1.82, 2.24) is 15.0 Å². The normalized spacial score (nSPS) is 11.2.